The average Bonchev–Trinajstić information content (AvgIpc) is 2.83. The molecule has 19 heavy (non-hydrogen) atoms. The lowest BCUT2D eigenvalue weighted by atomic mass is 10.2. The third kappa shape index (κ3) is 3.99. The molecule has 0 aliphatic heterocycles. The zero-order valence-corrected chi connectivity index (χ0v) is 12.7. The molecule has 4 nitrogen and oxygen atoms in total. The van der Waals surface area contributed by atoms with Crippen LogP contribution in [0.25, 0.3) is 0 Å². The first-order chi connectivity index (χ1) is 9.19. The summed E-state index contributed by atoms with van der Waals surface area (Å²) in [5.74, 6) is 0.812. The molecule has 2 rings (SSSR count). The summed E-state index contributed by atoms with van der Waals surface area (Å²) in [6.45, 7) is 3.13. The van der Waals surface area contributed by atoms with Gasteiger partial charge in [0, 0.05) is 17.8 Å². The molecule has 0 bridgehead atoms. The van der Waals surface area contributed by atoms with Gasteiger partial charge in [-0.1, -0.05) is 6.07 Å². The monoisotopic (exact) mass is 370 g/mol. The van der Waals surface area contributed by atoms with Gasteiger partial charge in [0.15, 0.2) is 3.77 Å². The minimum atomic E-state index is -0.0568. The minimum Gasteiger partial charge on any atom is -0.454 e. The fourth-order valence-electron chi connectivity index (χ4n) is 1.67. The average molecular weight is 370 g/mol. The van der Waals surface area contributed by atoms with Crippen LogP contribution in [0.15, 0.2) is 40.8 Å². The SMILES string of the molecule is CCNC(=O)c1cccc(NCc2ccc(I)o2)c1. The van der Waals surface area contributed by atoms with Gasteiger partial charge in [0.25, 0.3) is 5.91 Å². The molecule has 2 N–H and O–H groups in total. The lowest BCUT2D eigenvalue weighted by Crippen LogP contribution is -2.22. The number of benzene rings is 1. The highest BCUT2D eigenvalue weighted by Gasteiger charge is 2.05. The van der Waals surface area contributed by atoms with Crippen LogP contribution in [0.3, 0.4) is 0 Å². The van der Waals surface area contributed by atoms with E-state index in [1.807, 2.05) is 37.3 Å². The molecule has 1 amide bonds. The van der Waals surface area contributed by atoms with Gasteiger partial charge in [-0.25, -0.2) is 0 Å². The summed E-state index contributed by atoms with van der Waals surface area (Å²) in [6, 6.07) is 11.3. The smallest absolute Gasteiger partial charge is 0.251 e. The van der Waals surface area contributed by atoms with Crippen LogP contribution in [0, 0.1) is 3.77 Å². The van der Waals surface area contributed by atoms with Crippen LogP contribution < -0.4 is 10.6 Å². The number of rotatable bonds is 5. The summed E-state index contributed by atoms with van der Waals surface area (Å²) in [5.41, 5.74) is 1.55. The van der Waals surface area contributed by atoms with Crippen molar-refractivity contribution in [2.75, 3.05) is 11.9 Å². The van der Waals surface area contributed by atoms with Crippen LogP contribution in [0.5, 0.6) is 0 Å². The minimum absolute atomic E-state index is 0.0568. The Balaban J connectivity index is 2.00. The summed E-state index contributed by atoms with van der Waals surface area (Å²) >= 11 is 2.13. The van der Waals surface area contributed by atoms with E-state index in [1.165, 1.54) is 0 Å². The van der Waals surface area contributed by atoms with E-state index in [-0.39, 0.29) is 5.91 Å². The third-order valence-electron chi connectivity index (χ3n) is 2.56. The van der Waals surface area contributed by atoms with Crippen molar-refractivity contribution < 1.29 is 9.21 Å². The van der Waals surface area contributed by atoms with E-state index in [0.29, 0.717) is 18.7 Å². The molecule has 0 spiro atoms. The molecule has 5 heteroatoms. The van der Waals surface area contributed by atoms with Crippen LogP contribution in [0.1, 0.15) is 23.0 Å². The Kier molecular flexibility index (Phi) is 4.84. The largest absolute Gasteiger partial charge is 0.454 e. The maximum atomic E-state index is 11.7. The fourth-order valence-corrected chi connectivity index (χ4v) is 2.13. The molecule has 0 fully saturated rings. The van der Waals surface area contributed by atoms with E-state index < -0.39 is 0 Å². The van der Waals surface area contributed by atoms with Crippen LogP contribution in [0.4, 0.5) is 5.69 Å². The second kappa shape index (κ2) is 6.60. The molecular formula is C14H15IN2O2. The molecule has 0 aliphatic carbocycles. The van der Waals surface area contributed by atoms with Crippen molar-refractivity contribution in [3.05, 3.63) is 51.5 Å². The van der Waals surface area contributed by atoms with E-state index in [9.17, 15) is 4.79 Å². The van der Waals surface area contributed by atoms with E-state index >= 15 is 0 Å². The first-order valence-electron chi connectivity index (χ1n) is 6.05. The summed E-state index contributed by atoms with van der Waals surface area (Å²) in [7, 11) is 0. The number of amides is 1. The number of halogens is 1. The van der Waals surface area contributed by atoms with Crippen molar-refractivity contribution in [2.45, 2.75) is 13.5 Å². The second-order valence-electron chi connectivity index (χ2n) is 4.00. The number of hydrogen-bond acceptors (Lipinski definition) is 3. The van der Waals surface area contributed by atoms with Gasteiger partial charge in [0.05, 0.1) is 6.54 Å². The zero-order valence-electron chi connectivity index (χ0n) is 10.6. The van der Waals surface area contributed by atoms with E-state index in [2.05, 4.69) is 33.2 Å². The number of nitrogens with one attached hydrogen (secondary N) is 2. The zero-order chi connectivity index (χ0) is 13.7. The molecule has 0 atom stereocenters. The van der Waals surface area contributed by atoms with E-state index in [1.54, 1.807) is 6.07 Å². The highest BCUT2D eigenvalue weighted by atomic mass is 127. The van der Waals surface area contributed by atoms with Gasteiger partial charge < -0.3 is 15.1 Å². The normalized spacial score (nSPS) is 10.2. The third-order valence-corrected chi connectivity index (χ3v) is 3.14. The van der Waals surface area contributed by atoms with Gasteiger partial charge in [-0.05, 0) is 59.8 Å². The molecule has 1 aromatic heterocycles. The number of furan rings is 1. The Morgan fingerprint density at radius 2 is 2.16 bits per heavy atom. The van der Waals surface area contributed by atoms with Gasteiger partial charge in [-0.3, -0.25) is 4.79 Å². The van der Waals surface area contributed by atoms with Crippen molar-refractivity contribution in [2.24, 2.45) is 0 Å². The first-order valence-corrected chi connectivity index (χ1v) is 7.13. The predicted octanol–water partition coefficient (Wildman–Crippen LogP) is 3.25. The highest BCUT2D eigenvalue weighted by molar-refractivity contribution is 14.1. The molecule has 0 saturated carbocycles. The molecule has 100 valence electrons. The molecule has 0 unspecified atom stereocenters. The Bertz CT molecular complexity index is 566. The number of hydrogen-bond donors (Lipinski definition) is 2. The molecule has 0 aliphatic rings. The van der Waals surface area contributed by atoms with Crippen molar-refractivity contribution in [3.8, 4) is 0 Å². The maximum absolute atomic E-state index is 11.7. The first kappa shape index (κ1) is 13.9. The van der Waals surface area contributed by atoms with Gasteiger partial charge in [0.2, 0.25) is 0 Å². The lowest BCUT2D eigenvalue weighted by molar-refractivity contribution is 0.0956. The summed E-state index contributed by atoms with van der Waals surface area (Å²) in [4.78, 5) is 11.7. The fraction of sp³-hybridized carbons (Fsp3) is 0.214. The van der Waals surface area contributed by atoms with Gasteiger partial charge >= 0.3 is 0 Å². The predicted molar refractivity (Wildman–Crippen MR) is 83.2 cm³/mol. The van der Waals surface area contributed by atoms with Crippen molar-refractivity contribution in [1.29, 1.82) is 0 Å². The molecule has 0 radical (unpaired) electrons. The summed E-state index contributed by atoms with van der Waals surface area (Å²) < 4.78 is 6.33. The summed E-state index contributed by atoms with van der Waals surface area (Å²) in [6.07, 6.45) is 0. The quantitative estimate of drug-likeness (QED) is 0.795. The van der Waals surface area contributed by atoms with Crippen molar-refractivity contribution in [1.82, 2.24) is 5.32 Å². The standard InChI is InChI=1S/C14H15IN2O2/c1-2-16-14(18)10-4-3-5-11(8-10)17-9-12-6-7-13(15)19-12/h3-8,17H,2,9H2,1H3,(H,16,18). The summed E-state index contributed by atoms with van der Waals surface area (Å²) in [5, 5.41) is 6.01. The van der Waals surface area contributed by atoms with E-state index in [4.69, 9.17) is 4.42 Å². The molecule has 1 aromatic carbocycles. The maximum Gasteiger partial charge on any atom is 0.251 e. The van der Waals surface area contributed by atoms with Crippen LogP contribution >= 0.6 is 22.6 Å². The van der Waals surface area contributed by atoms with E-state index in [0.717, 1.165) is 15.2 Å². The van der Waals surface area contributed by atoms with Crippen molar-refractivity contribution >= 4 is 34.2 Å². The molecule has 1 heterocycles. The van der Waals surface area contributed by atoms with Gasteiger partial charge in [0.1, 0.15) is 5.76 Å². The lowest BCUT2D eigenvalue weighted by Gasteiger charge is -2.07. The van der Waals surface area contributed by atoms with Crippen LogP contribution in [-0.2, 0) is 6.54 Å². The number of carbonyl (C=O) groups is 1. The van der Waals surface area contributed by atoms with Gasteiger partial charge in [-0.15, -0.1) is 0 Å². The second-order valence-corrected chi connectivity index (χ2v) is 5.06. The molecule has 0 saturated heterocycles. The number of carbonyl (C=O) groups excluding carboxylic acids is 1. The Labute approximate surface area is 125 Å². The number of anilines is 1. The van der Waals surface area contributed by atoms with Gasteiger partial charge in [-0.2, -0.15) is 0 Å². The van der Waals surface area contributed by atoms with Crippen LogP contribution in [0.2, 0.25) is 0 Å². The highest BCUT2D eigenvalue weighted by Crippen LogP contribution is 2.14. The molecular weight excluding hydrogens is 355 g/mol. The Morgan fingerprint density at radius 1 is 1.32 bits per heavy atom. The van der Waals surface area contributed by atoms with Crippen LogP contribution in [-0.4, -0.2) is 12.5 Å². The Morgan fingerprint density at radius 3 is 2.84 bits per heavy atom. The molecule has 2 aromatic rings. The topological polar surface area (TPSA) is 54.3 Å². The Hall–Kier alpha value is -1.50. The van der Waals surface area contributed by atoms with Crippen molar-refractivity contribution in [3.63, 3.8) is 0 Å².